The quantitative estimate of drug-likeness (QED) is 0.897. The van der Waals surface area contributed by atoms with Crippen LogP contribution in [-0.4, -0.2) is 17.0 Å². The Hall–Kier alpha value is -2.10. The molecule has 18 heavy (non-hydrogen) atoms. The summed E-state index contributed by atoms with van der Waals surface area (Å²) in [6.45, 7) is 1.96. The molecule has 2 aromatic rings. The number of fused-ring (bicyclic) bond motifs is 1. The summed E-state index contributed by atoms with van der Waals surface area (Å²) in [5.41, 5.74) is 7.64. The number of ether oxygens (including phenoxy) is 1. The van der Waals surface area contributed by atoms with Crippen LogP contribution in [-0.2, 0) is 0 Å². The molecule has 1 aliphatic rings. The number of carbonyl (C=O) groups is 1. The molecular weight excluding hydrogens is 228 g/mol. The maximum absolute atomic E-state index is 11.3. The van der Waals surface area contributed by atoms with Crippen LogP contribution in [0.4, 0.5) is 0 Å². The van der Waals surface area contributed by atoms with Gasteiger partial charge in [-0.25, -0.2) is 0 Å². The van der Waals surface area contributed by atoms with Crippen molar-refractivity contribution in [1.82, 2.24) is 4.98 Å². The van der Waals surface area contributed by atoms with Gasteiger partial charge in [-0.05, 0) is 43.5 Å². The molecule has 1 fully saturated rings. The highest BCUT2D eigenvalue weighted by molar-refractivity contribution is 5.99. The highest BCUT2D eigenvalue weighted by atomic mass is 16.5. The molecule has 0 aliphatic heterocycles. The summed E-state index contributed by atoms with van der Waals surface area (Å²) in [6.07, 6.45) is 4.19. The first-order chi connectivity index (χ1) is 8.63. The summed E-state index contributed by atoms with van der Waals surface area (Å²) in [5.74, 6) is 0.211. The molecule has 0 bridgehead atoms. The second-order valence-electron chi connectivity index (χ2n) is 4.74. The van der Waals surface area contributed by atoms with E-state index >= 15 is 0 Å². The van der Waals surface area contributed by atoms with E-state index < -0.39 is 5.91 Å². The SMILES string of the molecule is Cc1cnc2c(OC3CC3)cc(C(N)=O)cc2c1. The van der Waals surface area contributed by atoms with Crippen LogP contribution in [0.5, 0.6) is 5.75 Å². The summed E-state index contributed by atoms with van der Waals surface area (Å²) in [5, 5.41) is 0.891. The van der Waals surface area contributed by atoms with Crippen LogP contribution < -0.4 is 10.5 Å². The molecule has 1 heterocycles. The van der Waals surface area contributed by atoms with Gasteiger partial charge in [0.05, 0.1) is 6.10 Å². The van der Waals surface area contributed by atoms with Crippen molar-refractivity contribution in [3.8, 4) is 5.75 Å². The molecule has 0 saturated heterocycles. The molecule has 1 aliphatic carbocycles. The fraction of sp³-hybridized carbons (Fsp3) is 0.286. The van der Waals surface area contributed by atoms with Gasteiger partial charge in [-0.2, -0.15) is 0 Å². The van der Waals surface area contributed by atoms with Crippen molar-refractivity contribution in [3.05, 3.63) is 35.5 Å². The van der Waals surface area contributed by atoms with E-state index in [0.717, 1.165) is 29.3 Å². The van der Waals surface area contributed by atoms with E-state index in [-0.39, 0.29) is 6.10 Å². The molecule has 0 atom stereocenters. The average Bonchev–Trinajstić information content (AvgIpc) is 3.12. The van der Waals surface area contributed by atoms with Gasteiger partial charge >= 0.3 is 0 Å². The lowest BCUT2D eigenvalue weighted by molar-refractivity contribution is 0.1000. The number of carbonyl (C=O) groups excluding carboxylic acids is 1. The largest absolute Gasteiger partial charge is 0.488 e. The molecule has 2 N–H and O–H groups in total. The molecule has 0 radical (unpaired) electrons. The number of pyridine rings is 1. The Bertz CT molecular complexity index is 633. The summed E-state index contributed by atoms with van der Waals surface area (Å²) < 4.78 is 5.80. The third kappa shape index (κ3) is 2.01. The van der Waals surface area contributed by atoms with Gasteiger partial charge in [0.25, 0.3) is 0 Å². The Kier molecular flexibility index (Phi) is 2.44. The van der Waals surface area contributed by atoms with E-state index in [1.54, 1.807) is 18.3 Å². The van der Waals surface area contributed by atoms with E-state index in [1.807, 2.05) is 13.0 Å². The summed E-state index contributed by atoms with van der Waals surface area (Å²) in [7, 11) is 0. The van der Waals surface area contributed by atoms with Crippen LogP contribution in [0.2, 0.25) is 0 Å². The van der Waals surface area contributed by atoms with Gasteiger partial charge < -0.3 is 10.5 Å². The zero-order chi connectivity index (χ0) is 12.7. The lowest BCUT2D eigenvalue weighted by Gasteiger charge is -2.10. The van der Waals surface area contributed by atoms with Gasteiger partial charge in [0.15, 0.2) is 0 Å². The van der Waals surface area contributed by atoms with Crippen LogP contribution in [0, 0.1) is 6.92 Å². The number of primary amides is 1. The molecule has 3 rings (SSSR count). The van der Waals surface area contributed by atoms with E-state index in [0.29, 0.717) is 11.3 Å². The van der Waals surface area contributed by atoms with E-state index in [9.17, 15) is 4.79 Å². The van der Waals surface area contributed by atoms with Gasteiger partial charge in [-0.1, -0.05) is 0 Å². The minimum atomic E-state index is -0.445. The second-order valence-corrected chi connectivity index (χ2v) is 4.74. The predicted molar refractivity (Wildman–Crippen MR) is 68.6 cm³/mol. The van der Waals surface area contributed by atoms with Crippen LogP contribution >= 0.6 is 0 Å². The van der Waals surface area contributed by atoms with E-state index in [1.165, 1.54) is 0 Å². The molecule has 1 amide bonds. The first-order valence-corrected chi connectivity index (χ1v) is 6.00. The third-order valence-electron chi connectivity index (χ3n) is 2.99. The number of rotatable bonds is 3. The lowest BCUT2D eigenvalue weighted by atomic mass is 10.1. The third-order valence-corrected chi connectivity index (χ3v) is 2.99. The van der Waals surface area contributed by atoms with Crippen molar-refractivity contribution in [2.75, 3.05) is 0 Å². The number of aryl methyl sites for hydroxylation is 1. The van der Waals surface area contributed by atoms with Gasteiger partial charge in [-0.3, -0.25) is 9.78 Å². The second kappa shape index (κ2) is 3.98. The highest BCUT2D eigenvalue weighted by Crippen LogP contribution is 2.32. The molecule has 92 valence electrons. The van der Waals surface area contributed by atoms with E-state index in [4.69, 9.17) is 10.5 Å². The van der Waals surface area contributed by atoms with Gasteiger partial charge in [0, 0.05) is 17.1 Å². The van der Waals surface area contributed by atoms with Crippen LogP contribution in [0.15, 0.2) is 24.4 Å². The lowest BCUT2D eigenvalue weighted by Crippen LogP contribution is -2.11. The van der Waals surface area contributed by atoms with Crippen molar-refractivity contribution in [3.63, 3.8) is 0 Å². The summed E-state index contributed by atoms with van der Waals surface area (Å²) in [6, 6.07) is 5.43. The Labute approximate surface area is 105 Å². The van der Waals surface area contributed by atoms with Crippen molar-refractivity contribution in [2.24, 2.45) is 5.73 Å². The summed E-state index contributed by atoms with van der Waals surface area (Å²) in [4.78, 5) is 15.7. The van der Waals surface area contributed by atoms with E-state index in [2.05, 4.69) is 4.98 Å². The number of hydrogen-bond donors (Lipinski definition) is 1. The zero-order valence-electron chi connectivity index (χ0n) is 10.1. The molecule has 1 aromatic heterocycles. The Morgan fingerprint density at radius 3 is 2.83 bits per heavy atom. The predicted octanol–water partition coefficient (Wildman–Crippen LogP) is 2.18. The number of nitrogens with zero attached hydrogens (tertiary/aromatic N) is 1. The topological polar surface area (TPSA) is 65.2 Å². The van der Waals surface area contributed by atoms with Crippen molar-refractivity contribution >= 4 is 16.8 Å². The number of aromatic nitrogens is 1. The smallest absolute Gasteiger partial charge is 0.248 e. The number of nitrogens with two attached hydrogens (primary N) is 1. The Morgan fingerprint density at radius 1 is 1.39 bits per heavy atom. The molecule has 0 spiro atoms. The van der Waals surface area contributed by atoms with Crippen LogP contribution in [0.1, 0.15) is 28.8 Å². The average molecular weight is 242 g/mol. The van der Waals surface area contributed by atoms with Crippen LogP contribution in [0.25, 0.3) is 10.9 Å². The summed E-state index contributed by atoms with van der Waals surface area (Å²) >= 11 is 0. The molecule has 0 unspecified atom stereocenters. The maximum Gasteiger partial charge on any atom is 0.248 e. The molecule has 1 aromatic carbocycles. The minimum Gasteiger partial charge on any atom is -0.488 e. The van der Waals surface area contributed by atoms with Gasteiger partial charge in [0.1, 0.15) is 11.3 Å². The van der Waals surface area contributed by atoms with Gasteiger partial charge in [0.2, 0.25) is 5.91 Å². The van der Waals surface area contributed by atoms with Gasteiger partial charge in [-0.15, -0.1) is 0 Å². The fourth-order valence-corrected chi connectivity index (χ4v) is 1.92. The number of hydrogen-bond acceptors (Lipinski definition) is 3. The zero-order valence-corrected chi connectivity index (χ0v) is 10.1. The minimum absolute atomic E-state index is 0.263. The Balaban J connectivity index is 2.19. The molecule has 4 heteroatoms. The molecular formula is C14H14N2O2. The molecule has 4 nitrogen and oxygen atoms in total. The normalized spacial score (nSPS) is 14.7. The maximum atomic E-state index is 11.3. The standard InChI is InChI=1S/C14H14N2O2/c1-8-4-9-5-10(14(15)17)6-12(13(9)16-7-8)18-11-2-3-11/h4-7,11H,2-3H2,1H3,(H2,15,17). The first kappa shape index (κ1) is 11.0. The number of amides is 1. The van der Waals surface area contributed by atoms with Crippen molar-refractivity contribution in [2.45, 2.75) is 25.9 Å². The van der Waals surface area contributed by atoms with Crippen LogP contribution in [0.3, 0.4) is 0 Å². The number of benzene rings is 1. The van der Waals surface area contributed by atoms with Crippen molar-refractivity contribution < 1.29 is 9.53 Å². The monoisotopic (exact) mass is 242 g/mol. The fourth-order valence-electron chi connectivity index (χ4n) is 1.92. The first-order valence-electron chi connectivity index (χ1n) is 6.00. The highest BCUT2D eigenvalue weighted by Gasteiger charge is 2.25. The van der Waals surface area contributed by atoms with Crippen molar-refractivity contribution in [1.29, 1.82) is 0 Å². The molecule has 1 saturated carbocycles. The Morgan fingerprint density at radius 2 is 2.17 bits per heavy atom.